The van der Waals surface area contributed by atoms with Crippen LogP contribution in [-0.4, -0.2) is 15.0 Å². The van der Waals surface area contributed by atoms with E-state index in [0.717, 1.165) is 33.5 Å². The molecule has 0 N–H and O–H groups in total. The van der Waals surface area contributed by atoms with E-state index in [1.54, 1.807) is 0 Å². The minimum atomic E-state index is 0.618. The third-order valence-electron chi connectivity index (χ3n) is 3.82. The van der Waals surface area contributed by atoms with Crippen molar-refractivity contribution in [1.82, 2.24) is 15.0 Å². The highest BCUT2D eigenvalue weighted by Gasteiger charge is 2.12. The van der Waals surface area contributed by atoms with Crippen LogP contribution in [0.15, 0.2) is 66.7 Å². The Hall–Kier alpha value is -2.78. The third-order valence-corrected chi connectivity index (χ3v) is 4.05. The molecule has 3 nitrogen and oxygen atoms in total. The molecule has 4 rings (SSSR count). The van der Waals surface area contributed by atoms with E-state index in [4.69, 9.17) is 16.6 Å². The Balaban J connectivity index is 2.01. The highest BCUT2D eigenvalue weighted by Crippen LogP contribution is 2.29. The minimum Gasteiger partial charge on any atom is -0.250 e. The van der Waals surface area contributed by atoms with Crippen molar-refractivity contribution in [3.05, 3.63) is 77.4 Å². The zero-order valence-corrected chi connectivity index (χ0v) is 13.8. The van der Waals surface area contributed by atoms with Gasteiger partial charge in [-0.2, -0.15) is 0 Å². The molecule has 0 atom stereocenters. The summed E-state index contributed by atoms with van der Waals surface area (Å²) in [5.74, 6) is 0.618. The first-order valence-corrected chi connectivity index (χ1v) is 8.05. The van der Waals surface area contributed by atoms with Gasteiger partial charge in [-0.05, 0) is 37.3 Å². The molecule has 0 spiro atoms. The van der Waals surface area contributed by atoms with E-state index in [1.165, 1.54) is 0 Å². The molecule has 0 aliphatic carbocycles. The summed E-state index contributed by atoms with van der Waals surface area (Å²) in [7, 11) is 0. The Labute approximate surface area is 145 Å². The van der Waals surface area contributed by atoms with E-state index >= 15 is 0 Å². The van der Waals surface area contributed by atoms with Gasteiger partial charge in [-0.25, -0.2) is 15.0 Å². The summed E-state index contributed by atoms with van der Waals surface area (Å²) >= 11 is 6.17. The van der Waals surface area contributed by atoms with Crippen molar-refractivity contribution in [3.63, 3.8) is 0 Å². The Morgan fingerprint density at radius 1 is 0.792 bits per heavy atom. The molecule has 0 radical (unpaired) electrons. The molecular weight excluding hydrogens is 318 g/mol. The summed E-state index contributed by atoms with van der Waals surface area (Å²) in [5.41, 5.74) is 4.43. The van der Waals surface area contributed by atoms with E-state index in [1.807, 2.05) is 73.7 Å². The van der Waals surface area contributed by atoms with Gasteiger partial charge < -0.3 is 0 Å². The average molecular weight is 332 g/mol. The molecule has 24 heavy (non-hydrogen) atoms. The van der Waals surface area contributed by atoms with Crippen molar-refractivity contribution in [1.29, 1.82) is 0 Å². The number of para-hydroxylation sites is 1. The highest BCUT2D eigenvalue weighted by molar-refractivity contribution is 6.30. The SMILES string of the molecule is Cc1cccc(-c2nc(-c3cccc(Cl)c3)c3ccccc3n2)n1. The summed E-state index contributed by atoms with van der Waals surface area (Å²) in [6, 6.07) is 21.6. The van der Waals surface area contributed by atoms with Gasteiger partial charge in [0.2, 0.25) is 0 Å². The maximum absolute atomic E-state index is 6.17. The third kappa shape index (κ3) is 2.74. The van der Waals surface area contributed by atoms with E-state index < -0.39 is 0 Å². The predicted octanol–water partition coefficient (Wildman–Crippen LogP) is 5.32. The lowest BCUT2D eigenvalue weighted by Crippen LogP contribution is -1.97. The lowest BCUT2D eigenvalue weighted by Gasteiger charge is -2.09. The van der Waals surface area contributed by atoms with E-state index in [2.05, 4.69) is 9.97 Å². The van der Waals surface area contributed by atoms with Crippen LogP contribution in [0.5, 0.6) is 0 Å². The molecule has 0 bridgehead atoms. The zero-order valence-electron chi connectivity index (χ0n) is 13.1. The minimum absolute atomic E-state index is 0.618. The van der Waals surface area contributed by atoms with Crippen LogP contribution in [0.3, 0.4) is 0 Å². The smallest absolute Gasteiger partial charge is 0.179 e. The molecule has 0 saturated heterocycles. The van der Waals surface area contributed by atoms with Gasteiger partial charge in [0.1, 0.15) is 5.69 Å². The second kappa shape index (κ2) is 6.02. The number of aryl methyl sites for hydroxylation is 1. The summed E-state index contributed by atoms with van der Waals surface area (Å²) in [4.78, 5) is 14.0. The van der Waals surface area contributed by atoms with E-state index in [0.29, 0.717) is 10.8 Å². The van der Waals surface area contributed by atoms with E-state index in [-0.39, 0.29) is 0 Å². The molecule has 4 heteroatoms. The second-order valence-corrected chi connectivity index (χ2v) is 6.02. The van der Waals surface area contributed by atoms with Crippen molar-refractivity contribution < 1.29 is 0 Å². The van der Waals surface area contributed by atoms with Gasteiger partial charge in [0.05, 0.1) is 11.2 Å². The zero-order chi connectivity index (χ0) is 16.5. The number of fused-ring (bicyclic) bond motifs is 1. The molecule has 0 fully saturated rings. The van der Waals surface area contributed by atoms with Gasteiger partial charge in [-0.15, -0.1) is 0 Å². The molecular formula is C20H14ClN3. The Kier molecular flexibility index (Phi) is 3.71. The number of nitrogens with zero attached hydrogens (tertiary/aromatic N) is 3. The topological polar surface area (TPSA) is 38.7 Å². The van der Waals surface area contributed by atoms with Crippen molar-refractivity contribution in [3.8, 4) is 22.8 Å². The van der Waals surface area contributed by atoms with Crippen LogP contribution >= 0.6 is 11.6 Å². The van der Waals surface area contributed by atoms with Crippen LogP contribution in [-0.2, 0) is 0 Å². The standard InChI is InChI=1S/C20H14ClN3/c1-13-6-4-11-18(22-13)20-23-17-10-3-2-9-16(17)19(24-20)14-7-5-8-15(21)12-14/h2-12H,1H3. The lowest BCUT2D eigenvalue weighted by molar-refractivity contribution is 1.14. The van der Waals surface area contributed by atoms with Crippen LogP contribution in [0, 0.1) is 6.92 Å². The summed E-state index contributed by atoms with van der Waals surface area (Å²) in [5, 5.41) is 1.68. The molecule has 0 unspecified atom stereocenters. The highest BCUT2D eigenvalue weighted by atomic mass is 35.5. The largest absolute Gasteiger partial charge is 0.250 e. The van der Waals surface area contributed by atoms with Crippen molar-refractivity contribution in [2.24, 2.45) is 0 Å². The monoisotopic (exact) mass is 331 g/mol. The summed E-state index contributed by atoms with van der Waals surface area (Å²) in [6.45, 7) is 1.96. The van der Waals surface area contributed by atoms with Crippen LogP contribution in [0.2, 0.25) is 5.02 Å². The predicted molar refractivity (Wildman–Crippen MR) is 98.0 cm³/mol. The molecule has 0 saturated carbocycles. The lowest BCUT2D eigenvalue weighted by atomic mass is 10.1. The first-order chi connectivity index (χ1) is 11.7. The molecule has 2 aromatic heterocycles. The Bertz CT molecular complexity index is 1040. The summed E-state index contributed by atoms with van der Waals surface area (Å²) in [6.07, 6.45) is 0. The maximum Gasteiger partial charge on any atom is 0.179 e. The number of halogens is 1. The molecule has 0 aliphatic rings. The number of hydrogen-bond donors (Lipinski definition) is 0. The van der Waals surface area contributed by atoms with Crippen LogP contribution in [0.25, 0.3) is 33.7 Å². The quantitative estimate of drug-likeness (QED) is 0.499. The van der Waals surface area contributed by atoms with Crippen molar-refractivity contribution in [2.45, 2.75) is 6.92 Å². The maximum atomic E-state index is 6.17. The summed E-state index contributed by atoms with van der Waals surface area (Å²) < 4.78 is 0. The van der Waals surface area contributed by atoms with Crippen LogP contribution in [0.1, 0.15) is 5.69 Å². The number of aromatic nitrogens is 3. The fourth-order valence-electron chi connectivity index (χ4n) is 2.71. The van der Waals surface area contributed by atoms with Gasteiger partial charge in [-0.1, -0.05) is 48.0 Å². The van der Waals surface area contributed by atoms with Gasteiger partial charge in [0.15, 0.2) is 5.82 Å². The van der Waals surface area contributed by atoms with Gasteiger partial charge >= 0.3 is 0 Å². The number of pyridine rings is 1. The molecule has 2 aromatic carbocycles. The number of rotatable bonds is 2. The molecule has 4 aromatic rings. The van der Waals surface area contributed by atoms with Crippen molar-refractivity contribution >= 4 is 22.5 Å². The molecule has 0 aliphatic heterocycles. The van der Waals surface area contributed by atoms with Crippen LogP contribution < -0.4 is 0 Å². The normalized spacial score (nSPS) is 10.9. The Morgan fingerprint density at radius 3 is 2.46 bits per heavy atom. The van der Waals surface area contributed by atoms with Gasteiger partial charge in [-0.3, -0.25) is 0 Å². The number of benzene rings is 2. The number of hydrogen-bond acceptors (Lipinski definition) is 3. The molecule has 2 heterocycles. The van der Waals surface area contributed by atoms with Gasteiger partial charge in [0.25, 0.3) is 0 Å². The second-order valence-electron chi connectivity index (χ2n) is 5.59. The average Bonchev–Trinajstić information content (AvgIpc) is 2.61. The Morgan fingerprint density at radius 2 is 1.62 bits per heavy atom. The van der Waals surface area contributed by atoms with Crippen molar-refractivity contribution in [2.75, 3.05) is 0 Å². The molecule has 116 valence electrons. The van der Waals surface area contributed by atoms with Gasteiger partial charge in [0, 0.05) is 21.7 Å². The van der Waals surface area contributed by atoms with Crippen LogP contribution in [0.4, 0.5) is 0 Å². The fourth-order valence-corrected chi connectivity index (χ4v) is 2.90. The molecule has 0 amide bonds. The fraction of sp³-hybridized carbons (Fsp3) is 0.0500. The first kappa shape index (κ1) is 14.8. The van der Waals surface area contributed by atoms with E-state index in [9.17, 15) is 0 Å². The first-order valence-electron chi connectivity index (χ1n) is 7.67.